The van der Waals surface area contributed by atoms with Gasteiger partial charge >= 0.3 is 0 Å². The number of amides is 1. The monoisotopic (exact) mass is 188 g/mol. The van der Waals surface area contributed by atoms with Gasteiger partial charge in [0.1, 0.15) is 0 Å². The second kappa shape index (κ2) is 4.72. The van der Waals surface area contributed by atoms with E-state index in [-0.39, 0.29) is 11.9 Å². The van der Waals surface area contributed by atoms with Crippen LogP contribution in [0.3, 0.4) is 0 Å². The van der Waals surface area contributed by atoms with E-state index in [2.05, 4.69) is 17.6 Å². The van der Waals surface area contributed by atoms with E-state index in [1.165, 1.54) is 0 Å². The zero-order chi connectivity index (χ0) is 8.97. The van der Waals surface area contributed by atoms with Crippen LogP contribution >= 0.6 is 11.8 Å². The molecule has 0 spiro atoms. The molecule has 0 saturated carbocycles. The Bertz CT molecular complexity index is 157. The number of hydrogen-bond acceptors (Lipinski definition) is 3. The fourth-order valence-electron chi connectivity index (χ4n) is 1.01. The number of carbonyl (C=O) groups is 1. The molecule has 2 atom stereocenters. The lowest BCUT2D eigenvalue weighted by Crippen LogP contribution is -2.45. The van der Waals surface area contributed by atoms with Gasteiger partial charge in [-0.3, -0.25) is 10.1 Å². The molecule has 1 saturated heterocycles. The van der Waals surface area contributed by atoms with Crippen molar-refractivity contribution in [2.75, 3.05) is 11.6 Å². The number of hydrogen-bond donors (Lipinski definition) is 2. The van der Waals surface area contributed by atoms with E-state index in [1.807, 2.05) is 6.92 Å². The highest BCUT2D eigenvalue weighted by atomic mass is 32.2. The molecule has 12 heavy (non-hydrogen) atoms. The van der Waals surface area contributed by atoms with Gasteiger partial charge in [-0.1, -0.05) is 6.92 Å². The van der Waals surface area contributed by atoms with E-state index in [4.69, 9.17) is 0 Å². The Labute approximate surface area is 77.7 Å². The maximum absolute atomic E-state index is 11.4. The quantitative estimate of drug-likeness (QED) is 0.680. The molecule has 0 aliphatic carbocycles. The summed E-state index contributed by atoms with van der Waals surface area (Å²) in [6, 6.07) is 0.328. The second-order valence-electron chi connectivity index (χ2n) is 3.09. The van der Waals surface area contributed by atoms with Crippen LogP contribution in [0.5, 0.6) is 0 Å². The summed E-state index contributed by atoms with van der Waals surface area (Å²) < 4.78 is 0. The summed E-state index contributed by atoms with van der Waals surface area (Å²) in [6.07, 6.45) is 0.992. The largest absolute Gasteiger partial charge is 0.352 e. The Morgan fingerprint density at radius 2 is 2.58 bits per heavy atom. The van der Waals surface area contributed by atoms with Crippen LogP contribution in [0.15, 0.2) is 0 Å². The minimum absolute atomic E-state index is 0.0315. The van der Waals surface area contributed by atoms with Gasteiger partial charge in [-0.2, -0.15) is 0 Å². The second-order valence-corrected chi connectivity index (χ2v) is 4.12. The summed E-state index contributed by atoms with van der Waals surface area (Å²) in [5.41, 5.74) is 0. The average Bonchev–Trinajstić information content (AvgIpc) is 2.56. The Hall–Kier alpha value is -0.220. The van der Waals surface area contributed by atoms with Crippen LogP contribution < -0.4 is 10.6 Å². The summed E-state index contributed by atoms with van der Waals surface area (Å²) in [4.78, 5) is 11.4. The predicted octanol–water partition coefficient (Wildman–Crippen LogP) is 0.564. The van der Waals surface area contributed by atoms with E-state index in [1.54, 1.807) is 11.8 Å². The molecule has 0 aromatic carbocycles. The summed E-state index contributed by atoms with van der Waals surface area (Å²) in [5, 5.41) is 6.09. The summed E-state index contributed by atoms with van der Waals surface area (Å²) in [6.45, 7) is 4.10. The van der Waals surface area contributed by atoms with Gasteiger partial charge < -0.3 is 5.32 Å². The molecule has 2 N–H and O–H groups in total. The Morgan fingerprint density at radius 1 is 1.83 bits per heavy atom. The molecule has 1 rings (SSSR count). The van der Waals surface area contributed by atoms with Crippen LogP contribution in [0.25, 0.3) is 0 Å². The highest BCUT2D eigenvalue weighted by Gasteiger charge is 2.22. The van der Waals surface area contributed by atoms with Crippen molar-refractivity contribution in [1.29, 1.82) is 0 Å². The standard InChI is InChI=1S/C8H16N2OS/c1-3-6(2)10-8(11)7-4-12-5-9-7/h6-7,9H,3-5H2,1-2H3,(H,10,11)/t6-,7+/m1/s1. The first-order valence-corrected chi connectivity index (χ1v) is 5.51. The zero-order valence-corrected chi connectivity index (χ0v) is 8.41. The van der Waals surface area contributed by atoms with Crippen LogP contribution in [0, 0.1) is 0 Å². The van der Waals surface area contributed by atoms with Gasteiger partial charge in [-0.15, -0.1) is 11.8 Å². The van der Waals surface area contributed by atoms with Gasteiger partial charge in [0, 0.05) is 17.7 Å². The molecular weight excluding hydrogens is 172 g/mol. The van der Waals surface area contributed by atoms with Gasteiger partial charge in [0.2, 0.25) is 5.91 Å². The molecule has 1 amide bonds. The molecule has 1 heterocycles. The third-order valence-electron chi connectivity index (χ3n) is 2.03. The maximum Gasteiger partial charge on any atom is 0.238 e. The average molecular weight is 188 g/mol. The van der Waals surface area contributed by atoms with Crippen LogP contribution in [0.4, 0.5) is 0 Å². The molecule has 3 nitrogen and oxygen atoms in total. The minimum atomic E-state index is 0.0315. The SMILES string of the molecule is CC[C@@H](C)NC(=O)[C@@H]1CSCN1. The fourth-order valence-corrected chi connectivity index (χ4v) is 1.95. The smallest absolute Gasteiger partial charge is 0.238 e. The minimum Gasteiger partial charge on any atom is -0.352 e. The van der Waals surface area contributed by atoms with Gasteiger partial charge in [0.25, 0.3) is 0 Å². The molecule has 70 valence electrons. The molecule has 0 unspecified atom stereocenters. The fraction of sp³-hybridized carbons (Fsp3) is 0.875. The molecule has 4 heteroatoms. The highest BCUT2D eigenvalue weighted by molar-refractivity contribution is 7.99. The first kappa shape index (κ1) is 9.86. The molecule has 1 fully saturated rings. The Morgan fingerprint density at radius 3 is 3.08 bits per heavy atom. The summed E-state index contributed by atoms with van der Waals surface area (Å²) >= 11 is 1.77. The Balaban J connectivity index is 2.27. The number of carbonyl (C=O) groups excluding carboxylic acids is 1. The summed E-state index contributed by atoms with van der Waals surface area (Å²) in [7, 11) is 0. The van der Waals surface area contributed by atoms with Gasteiger partial charge in [0.15, 0.2) is 0 Å². The van der Waals surface area contributed by atoms with Crippen molar-refractivity contribution in [3.05, 3.63) is 0 Å². The van der Waals surface area contributed by atoms with E-state index in [9.17, 15) is 4.79 Å². The summed E-state index contributed by atoms with van der Waals surface area (Å²) in [5.74, 6) is 1.95. The van der Waals surface area contributed by atoms with Crippen molar-refractivity contribution in [2.45, 2.75) is 32.4 Å². The number of rotatable bonds is 3. The number of thioether (sulfide) groups is 1. The van der Waals surface area contributed by atoms with E-state index < -0.39 is 0 Å². The molecule has 0 aromatic rings. The lowest BCUT2D eigenvalue weighted by Gasteiger charge is -2.14. The van der Waals surface area contributed by atoms with Crippen molar-refractivity contribution in [3.8, 4) is 0 Å². The molecular formula is C8H16N2OS. The van der Waals surface area contributed by atoms with Crippen LogP contribution in [0.1, 0.15) is 20.3 Å². The van der Waals surface area contributed by atoms with Crippen LogP contribution in [-0.2, 0) is 4.79 Å². The lowest BCUT2D eigenvalue weighted by atomic mass is 10.2. The van der Waals surface area contributed by atoms with Crippen LogP contribution in [0.2, 0.25) is 0 Å². The van der Waals surface area contributed by atoms with E-state index in [0.29, 0.717) is 6.04 Å². The van der Waals surface area contributed by atoms with Crippen molar-refractivity contribution in [3.63, 3.8) is 0 Å². The van der Waals surface area contributed by atoms with Crippen molar-refractivity contribution >= 4 is 17.7 Å². The maximum atomic E-state index is 11.4. The van der Waals surface area contributed by atoms with Gasteiger partial charge in [0.05, 0.1) is 6.04 Å². The topological polar surface area (TPSA) is 41.1 Å². The normalized spacial score (nSPS) is 25.3. The molecule has 0 bridgehead atoms. The Kier molecular flexibility index (Phi) is 3.88. The number of nitrogens with one attached hydrogen (secondary N) is 2. The molecule has 1 aliphatic rings. The van der Waals surface area contributed by atoms with Crippen LogP contribution in [-0.4, -0.2) is 29.6 Å². The zero-order valence-electron chi connectivity index (χ0n) is 7.59. The van der Waals surface area contributed by atoms with E-state index in [0.717, 1.165) is 18.1 Å². The molecule has 1 aliphatic heterocycles. The van der Waals surface area contributed by atoms with Gasteiger partial charge in [-0.25, -0.2) is 0 Å². The highest BCUT2D eigenvalue weighted by Crippen LogP contribution is 2.09. The lowest BCUT2D eigenvalue weighted by molar-refractivity contribution is -0.123. The molecule has 0 aromatic heterocycles. The third kappa shape index (κ3) is 2.68. The van der Waals surface area contributed by atoms with Gasteiger partial charge in [-0.05, 0) is 13.3 Å². The third-order valence-corrected chi connectivity index (χ3v) is 2.97. The predicted molar refractivity (Wildman–Crippen MR) is 52.1 cm³/mol. The van der Waals surface area contributed by atoms with Crippen molar-refractivity contribution in [2.24, 2.45) is 0 Å². The van der Waals surface area contributed by atoms with E-state index >= 15 is 0 Å². The molecule has 0 radical (unpaired) electrons. The first-order valence-electron chi connectivity index (χ1n) is 4.35. The van der Waals surface area contributed by atoms with Crippen molar-refractivity contribution < 1.29 is 4.79 Å². The first-order chi connectivity index (χ1) is 5.74. The van der Waals surface area contributed by atoms with Crippen molar-refractivity contribution in [1.82, 2.24) is 10.6 Å².